The molecule has 1 aliphatic carbocycles. The van der Waals surface area contributed by atoms with Gasteiger partial charge in [0.15, 0.2) is 0 Å². The van der Waals surface area contributed by atoms with E-state index in [4.69, 9.17) is 9.52 Å². The monoisotopic (exact) mass is 224 g/mol. The molecule has 1 aliphatic rings. The summed E-state index contributed by atoms with van der Waals surface area (Å²) in [6.45, 7) is 6.66. The van der Waals surface area contributed by atoms with Gasteiger partial charge in [0.25, 0.3) is 0 Å². The molecule has 4 nitrogen and oxygen atoms in total. The minimum absolute atomic E-state index is 0.162. The smallest absolute Gasteiger partial charge is 0.241 e. The van der Waals surface area contributed by atoms with Crippen molar-refractivity contribution in [1.82, 2.24) is 10.2 Å². The zero-order valence-corrected chi connectivity index (χ0v) is 10.2. The Labute approximate surface area is 96.1 Å². The molecule has 0 aromatic carbocycles. The van der Waals surface area contributed by atoms with Gasteiger partial charge < -0.3 is 9.52 Å². The fourth-order valence-corrected chi connectivity index (χ4v) is 2.47. The van der Waals surface area contributed by atoms with E-state index >= 15 is 0 Å². The Hall–Kier alpha value is -0.900. The molecule has 1 aromatic rings. The topological polar surface area (TPSA) is 59.2 Å². The molecule has 0 atom stereocenters. The lowest BCUT2D eigenvalue weighted by Gasteiger charge is -2.37. The molecule has 4 heteroatoms. The molecule has 2 rings (SSSR count). The van der Waals surface area contributed by atoms with E-state index in [-0.39, 0.29) is 6.61 Å². The van der Waals surface area contributed by atoms with Gasteiger partial charge in [0.2, 0.25) is 11.8 Å². The van der Waals surface area contributed by atoms with Crippen molar-refractivity contribution in [3.8, 4) is 0 Å². The van der Waals surface area contributed by atoms with E-state index in [1.165, 1.54) is 6.42 Å². The number of hydrogen-bond donors (Lipinski definition) is 1. The second-order valence-corrected chi connectivity index (χ2v) is 5.99. The number of rotatable bonds is 3. The quantitative estimate of drug-likeness (QED) is 0.857. The molecule has 0 saturated heterocycles. The van der Waals surface area contributed by atoms with E-state index in [9.17, 15) is 0 Å². The molecule has 0 aliphatic heterocycles. The molecule has 1 aromatic heterocycles. The molecule has 0 unspecified atom stereocenters. The van der Waals surface area contributed by atoms with Crippen LogP contribution in [-0.4, -0.2) is 15.3 Å². The summed E-state index contributed by atoms with van der Waals surface area (Å²) in [6, 6.07) is 0. The predicted octanol–water partition coefficient (Wildman–Crippen LogP) is 2.49. The average molecular weight is 224 g/mol. The lowest BCUT2D eigenvalue weighted by atomic mass is 9.68. The Morgan fingerprint density at radius 3 is 2.50 bits per heavy atom. The summed E-state index contributed by atoms with van der Waals surface area (Å²) in [5, 5.41) is 16.6. The van der Waals surface area contributed by atoms with Gasteiger partial charge in [0.05, 0.1) is 0 Å². The van der Waals surface area contributed by atoms with Crippen molar-refractivity contribution in [3.05, 3.63) is 11.8 Å². The maximum Gasteiger partial charge on any atom is 0.241 e. The van der Waals surface area contributed by atoms with Crippen molar-refractivity contribution >= 4 is 0 Å². The van der Waals surface area contributed by atoms with E-state index in [1.807, 2.05) is 0 Å². The molecule has 1 heterocycles. The Bertz CT molecular complexity index is 348. The van der Waals surface area contributed by atoms with Crippen molar-refractivity contribution in [2.75, 3.05) is 0 Å². The summed E-state index contributed by atoms with van der Waals surface area (Å²) in [7, 11) is 0. The molecule has 90 valence electrons. The van der Waals surface area contributed by atoms with Crippen LogP contribution in [0.3, 0.4) is 0 Å². The Morgan fingerprint density at radius 2 is 2.00 bits per heavy atom. The van der Waals surface area contributed by atoms with Crippen LogP contribution < -0.4 is 0 Å². The normalized spacial score (nSPS) is 25.5. The highest BCUT2D eigenvalue weighted by atomic mass is 16.4. The average Bonchev–Trinajstić information content (AvgIpc) is 2.56. The first kappa shape index (κ1) is 11.6. The van der Waals surface area contributed by atoms with Crippen LogP contribution >= 0.6 is 0 Å². The summed E-state index contributed by atoms with van der Waals surface area (Å²) >= 11 is 0. The molecule has 1 saturated carbocycles. The van der Waals surface area contributed by atoms with Gasteiger partial charge in [-0.2, -0.15) is 0 Å². The summed E-state index contributed by atoms with van der Waals surface area (Å²) in [5.41, 5.74) is 0.404. The molecule has 0 amide bonds. The molecule has 16 heavy (non-hydrogen) atoms. The molecule has 1 fully saturated rings. The molecule has 0 bridgehead atoms. The predicted molar refractivity (Wildman–Crippen MR) is 59.8 cm³/mol. The number of aromatic nitrogens is 2. The van der Waals surface area contributed by atoms with Gasteiger partial charge in [-0.15, -0.1) is 10.2 Å². The summed E-state index contributed by atoms with van der Waals surface area (Å²) in [5.74, 6) is 2.23. The first-order valence-electron chi connectivity index (χ1n) is 5.91. The van der Waals surface area contributed by atoms with Crippen LogP contribution in [0.1, 0.15) is 57.7 Å². The van der Waals surface area contributed by atoms with Gasteiger partial charge in [0.1, 0.15) is 6.61 Å². The van der Waals surface area contributed by atoms with Crippen LogP contribution in [0.25, 0.3) is 0 Å². The standard InChI is InChI=1S/C12H20N2O2/c1-12(2,3)6-8-4-9(5-8)11-14-13-10(7-15)16-11/h8-9,15H,4-7H2,1-3H3/t8-,9-. The highest BCUT2D eigenvalue weighted by molar-refractivity contribution is 5.00. The third kappa shape index (κ3) is 2.61. The molecular weight excluding hydrogens is 204 g/mol. The second-order valence-electron chi connectivity index (χ2n) is 5.99. The number of hydrogen-bond acceptors (Lipinski definition) is 4. The second kappa shape index (κ2) is 4.17. The molecule has 0 radical (unpaired) electrons. The molecule has 1 N–H and O–H groups in total. The van der Waals surface area contributed by atoms with Gasteiger partial charge in [0, 0.05) is 5.92 Å². The van der Waals surface area contributed by atoms with Crippen molar-refractivity contribution in [3.63, 3.8) is 0 Å². The SMILES string of the molecule is CC(C)(C)C[C@H]1C[C@H](c2nnc(CO)o2)C1. The van der Waals surface area contributed by atoms with E-state index in [2.05, 4.69) is 31.0 Å². The first-order chi connectivity index (χ1) is 7.48. The van der Waals surface area contributed by atoms with Crippen LogP contribution in [0.5, 0.6) is 0 Å². The molecule has 0 spiro atoms. The molecular formula is C12H20N2O2. The van der Waals surface area contributed by atoms with Gasteiger partial charge in [-0.3, -0.25) is 0 Å². The van der Waals surface area contributed by atoms with Crippen LogP contribution in [0.4, 0.5) is 0 Å². The first-order valence-corrected chi connectivity index (χ1v) is 5.91. The highest BCUT2D eigenvalue weighted by Gasteiger charge is 2.36. The summed E-state index contributed by atoms with van der Waals surface area (Å²) < 4.78 is 5.34. The zero-order valence-electron chi connectivity index (χ0n) is 10.2. The minimum Gasteiger partial charge on any atom is -0.422 e. The van der Waals surface area contributed by atoms with Gasteiger partial charge in [-0.25, -0.2) is 0 Å². The van der Waals surface area contributed by atoms with E-state index in [0.29, 0.717) is 23.1 Å². The van der Waals surface area contributed by atoms with Crippen molar-refractivity contribution in [2.24, 2.45) is 11.3 Å². The maximum atomic E-state index is 8.83. The van der Waals surface area contributed by atoms with Crippen molar-refractivity contribution in [1.29, 1.82) is 0 Å². The number of aliphatic hydroxyl groups excluding tert-OH is 1. The summed E-state index contributed by atoms with van der Waals surface area (Å²) in [4.78, 5) is 0. The summed E-state index contributed by atoms with van der Waals surface area (Å²) in [6.07, 6.45) is 3.54. The maximum absolute atomic E-state index is 8.83. The van der Waals surface area contributed by atoms with Crippen LogP contribution in [0, 0.1) is 11.3 Å². The van der Waals surface area contributed by atoms with Gasteiger partial charge in [-0.05, 0) is 30.6 Å². The van der Waals surface area contributed by atoms with Crippen LogP contribution in [0.2, 0.25) is 0 Å². The minimum atomic E-state index is -0.162. The number of aliphatic hydroxyl groups is 1. The largest absolute Gasteiger partial charge is 0.422 e. The lowest BCUT2D eigenvalue weighted by molar-refractivity contribution is 0.156. The van der Waals surface area contributed by atoms with Crippen LogP contribution in [-0.2, 0) is 6.61 Å². The highest BCUT2D eigenvalue weighted by Crippen LogP contribution is 2.46. The third-order valence-corrected chi connectivity index (χ3v) is 3.10. The van der Waals surface area contributed by atoms with E-state index in [1.54, 1.807) is 0 Å². The van der Waals surface area contributed by atoms with Crippen molar-refractivity contribution < 1.29 is 9.52 Å². The Kier molecular flexibility index (Phi) is 3.02. The van der Waals surface area contributed by atoms with Gasteiger partial charge in [-0.1, -0.05) is 20.8 Å². The van der Waals surface area contributed by atoms with Crippen molar-refractivity contribution in [2.45, 2.75) is 52.6 Å². The Balaban J connectivity index is 1.84. The lowest BCUT2D eigenvalue weighted by Crippen LogP contribution is -2.26. The van der Waals surface area contributed by atoms with E-state index in [0.717, 1.165) is 18.8 Å². The number of nitrogens with zero attached hydrogens (tertiary/aromatic N) is 2. The Morgan fingerprint density at radius 1 is 1.31 bits per heavy atom. The van der Waals surface area contributed by atoms with E-state index < -0.39 is 0 Å². The fourth-order valence-electron chi connectivity index (χ4n) is 2.47. The van der Waals surface area contributed by atoms with Gasteiger partial charge >= 0.3 is 0 Å². The van der Waals surface area contributed by atoms with Crippen LogP contribution in [0.15, 0.2) is 4.42 Å². The third-order valence-electron chi connectivity index (χ3n) is 3.10. The zero-order chi connectivity index (χ0) is 11.8. The fraction of sp³-hybridized carbons (Fsp3) is 0.833.